The zero-order chi connectivity index (χ0) is 12.1. The fourth-order valence-corrected chi connectivity index (χ4v) is 1.57. The van der Waals surface area contributed by atoms with E-state index in [1.165, 1.54) is 12.1 Å². The minimum atomic E-state index is -0.294. The first-order valence-corrected chi connectivity index (χ1v) is 5.58. The van der Waals surface area contributed by atoms with Crippen LogP contribution in [0.2, 0.25) is 5.02 Å². The molecule has 1 rings (SSSR count). The van der Waals surface area contributed by atoms with Crippen LogP contribution in [0.1, 0.15) is 19.8 Å². The number of hydrogen-bond donors (Lipinski definition) is 4. The van der Waals surface area contributed by atoms with Crippen LogP contribution in [0.4, 0.5) is 11.4 Å². The van der Waals surface area contributed by atoms with Gasteiger partial charge in [0.2, 0.25) is 0 Å². The highest BCUT2D eigenvalue weighted by molar-refractivity contribution is 6.33. The van der Waals surface area contributed by atoms with E-state index in [4.69, 9.17) is 22.4 Å². The minimum Gasteiger partial charge on any atom is -0.506 e. The summed E-state index contributed by atoms with van der Waals surface area (Å²) in [7, 11) is 0. The number of nitrogens with one attached hydrogen (secondary N) is 1. The molecule has 5 heteroatoms. The van der Waals surface area contributed by atoms with E-state index < -0.39 is 0 Å². The molecule has 4 nitrogen and oxygen atoms in total. The number of phenols is 1. The molecule has 0 amide bonds. The van der Waals surface area contributed by atoms with Crippen LogP contribution in [0, 0.1) is 0 Å². The predicted octanol–water partition coefficient (Wildman–Crippen LogP) is 2.20. The molecule has 1 unspecified atom stereocenters. The van der Waals surface area contributed by atoms with Crippen molar-refractivity contribution in [1.29, 1.82) is 0 Å². The molecule has 0 aliphatic heterocycles. The second kappa shape index (κ2) is 5.82. The third-order valence-corrected chi connectivity index (χ3v) is 2.54. The molecule has 90 valence electrons. The molecule has 1 aromatic carbocycles. The Kier molecular flexibility index (Phi) is 4.71. The number of nitrogen functional groups attached to an aromatic ring is 1. The topological polar surface area (TPSA) is 78.5 Å². The number of aliphatic hydroxyl groups is 1. The van der Waals surface area contributed by atoms with Gasteiger partial charge in [0.05, 0.1) is 22.5 Å². The third-order valence-electron chi connectivity index (χ3n) is 2.23. The van der Waals surface area contributed by atoms with Crippen LogP contribution in [-0.2, 0) is 0 Å². The molecule has 0 aromatic heterocycles. The molecular formula is C11H17ClN2O2. The number of hydrogen-bond acceptors (Lipinski definition) is 4. The molecule has 0 aliphatic carbocycles. The summed E-state index contributed by atoms with van der Waals surface area (Å²) in [6.07, 6.45) is 1.27. The summed E-state index contributed by atoms with van der Waals surface area (Å²) in [6, 6.07) is 3.01. The van der Waals surface area contributed by atoms with E-state index in [2.05, 4.69) is 5.32 Å². The number of halogens is 1. The summed E-state index contributed by atoms with van der Waals surface area (Å²) in [5, 5.41) is 22.0. The molecule has 0 saturated heterocycles. The van der Waals surface area contributed by atoms with Crippen molar-refractivity contribution < 1.29 is 10.2 Å². The Morgan fingerprint density at radius 3 is 2.81 bits per heavy atom. The van der Waals surface area contributed by atoms with Gasteiger partial charge >= 0.3 is 0 Å². The van der Waals surface area contributed by atoms with E-state index in [0.29, 0.717) is 17.3 Å². The van der Waals surface area contributed by atoms with Crippen molar-refractivity contribution in [1.82, 2.24) is 0 Å². The zero-order valence-corrected chi connectivity index (χ0v) is 9.96. The number of benzene rings is 1. The van der Waals surface area contributed by atoms with Crippen molar-refractivity contribution in [3.63, 3.8) is 0 Å². The lowest BCUT2D eigenvalue weighted by atomic mass is 10.2. The van der Waals surface area contributed by atoms with E-state index in [1.807, 2.05) is 0 Å². The van der Waals surface area contributed by atoms with Gasteiger partial charge in [-0.2, -0.15) is 0 Å². The largest absolute Gasteiger partial charge is 0.506 e. The van der Waals surface area contributed by atoms with Gasteiger partial charge in [0.25, 0.3) is 0 Å². The SMILES string of the molecule is CC(O)CCCNc1cc(O)c(N)cc1Cl. The van der Waals surface area contributed by atoms with Crippen LogP contribution in [0.3, 0.4) is 0 Å². The first kappa shape index (κ1) is 12.9. The number of phenolic OH excluding ortho intramolecular Hbond substituents is 1. The number of aliphatic hydroxyl groups excluding tert-OH is 1. The lowest BCUT2D eigenvalue weighted by molar-refractivity contribution is 0.183. The predicted molar refractivity (Wildman–Crippen MR) is 66.9 cm³/mol. The van der Waals surface area contributed by atoms with Gasteiger partial charge in [-0.3, -0.25) is 0 Å². The summed E-state index contributed by atoms with van der Waals surface area (Å²) >= 11 is 5.94. The van der Waals surface area contributed by atoms with E-state index >= 15 is 0 Å². The quantitative estimate of drug-likeness (QED) is 0.364. The minimum absolute atomic E-state index is 0.0161. The van der Waals surface area contributed by atoms with Crippen LogP contribution in [0.25, 0.3) is 0 Å². The summed E-state index contributed by atoms with van der Waals surface area (Å²) < 4.78 is 0. The first-order valence-electron chi connectivity index (χ1n) is 5.20. The molecule has 0 fully saturated rings. The van der Waals surface area contributed by atoms with Crippen LogP contribution in [0.5, 0.6) is 5.75 Å². The lowest BCUT2D eigenvalue weighted by Gasteiger charge is -2.10. The van der Waals surface area contributed by atoms with Gasteiger partial charge < -0.3 is 21.3 Å². The van der Waals surface area contributed by atoms with Crippen molar-refractivity contribution in [3.8, 4) is 5.75 Å². The smallest absolute Gasteiger partial charge is 0.140 e. The Morgan fingerprint density at radius 1 is 1.50 bits per heavy atom. The van der Waals surface area contributed by atoms with Gasteiger partial charge in [0.1, 0.15) is 5.75 Å². The van der Waals surface area contributed by atoms with E-state index in [-0.39, 0.29) is 17.5 Å². The maximum atomic E-state index is 9.41. The van der Waals surface area contributed by atoms with Crippen molar-refractivity contribution in [2.24, 2.45) is 0 Å². The molecule has 16 heavy (non-hydrogen) atoms. The highest BCUT2D eigenvalue weighted by Crippen LogP contribution is 2.31. The Labute approximate surface area is 100 Å². The fraction of sp³-hybridized carbons (Fsp3) is 0.455. The number of rotatable bonds is 5. The van der Waals surface area contributed by atoms with Crippen molar-refractivity contribution in [3.05, 3.63) is 17.2 Å². The maximum Gasteiger partial charge on any atom is 0.140 e. The van der Waals surface area contributed by atoms with Gasteiger partial charge in [-0.15, -0.1) is 0 Å². The summed E-state index contributed by atoms with van der Waals surface area (Å²) in [4.78, 5) is 0. The molecule has 0 aliphatic rings. The zero-order valence-electron chi connectivity index (χ0n) is 9.20. The molecular weight excluding hydrogens is 228 g/mol. The maximum absolute atomic E-state index is 9.41. The van der Waals surface area contributed by atoms with Crippen LogP contribution < -0.4 is 11.1 Å². The van der Waals surface area contributed by atoms with E-state index in [1.54, 1.807) is 6.92 Å². The van der Waals surface area contributed by atoms with E-state index in [9.17, 15) is 5.11 Å². The summed E-state index contributed by atoms with van der Waals surface area (Å²) in [5.74, 6) is 0.0161. The highest BCUT2D eigenvalue weighted by Gasteiger charge is 2.05. The van der Waals surface area contributed by atoms with Gasteiger partial charge in [-0.1, -0.05) is 11.6 Å². The second-order valence-electron chi connectivity index (χ2n) is 3.81. The molecule has 0 heterocycles. The van der Waals surface area contributed by atoms with Crippen LogP contribution >= 0.6 is 11.6 Å². The first-order chi connectivity index (χ1) is 7.50. The Morgan fingerprint density at radius 2 is 2.19 bits per heavy atom. The van der Waals surface area contributed by atoms with Gasteiger partial charge in [-0.05, 0) is 25.8 Å². The normalized spacial score (nSPS) is 12.4. The molecule has 5 N–H and O–H groups in total. The van der Waals surface area contributed by atoms with Gasteiger partial charge in [0, 0.05) is 12.6 Å². The monoisotopic (exact) mass is 244 g/mol. The average molecular weight is 245 g/mol. The van der Waals surface area contributed by atoms with Gasteiger partial charge in [-0.25, -0.2) is 0 Å². The molecule has 0 bridgehead atoms. The Balaban J connectivity index is 2.51. The lowest BCUT2D eigenvalue weighted by Crippen LogP contribution is -2.06. The Bertz CT molecular complexity index is 356. The van der Waals surface area contributed by atoms with Crippen molar-refractivity contribution >= 4 is 23.0 Å². The summed E-state index contributed by atoms with van der Waals surface area (Å²) in [5.41, 5.74) is 6.40. The number of nitrogens with two attached hydrogens (primary N) is 1. The molecule has 0 saturated carbocycles. The van der Waals surface area contributed by atoms with E-state index in [0.717, 1.165) is 12.8 Å². The van der Waals surface area contributed by atoms with Crippen LogP contribution in [0.15, 0.2) is 12.1 Å². The van der Waals surface area contributed by atoms with Crippen molar-refractivity contribution in [2.45, 2.75) is 25.9 Å². The second-order valence-corrected chi connectivity index (χ2v) is 4.22. The van der Waals surface area contributed by atoms with Crippen LogP contribution in [-0.4, -0.2) is 22.9 Å². The van der Waals surface area contributed by atoms with Crippen molar-refractivity contribution in [2.75, 3.05) is 17.6 Å². The molecule has 1 aromatic rings. The summed E-state index contributed by atoms with van der Waals surface area (Å²) in [6.45, 7) is 2.44. The fourth-order valence-electron chi connectivity index (χ4n) is 1.33. The molecule has 0 spiro atoms. The number of aromatic hydroxyl groups is 1. The molecule has 0 radical (unpaired) electrons. The Hall–Kier alpha value is -1.13. The van der Waals surface area contributed by atoms with Gasteiger partial charge in [0.15, 0.2) is 0 Å². The number of anilines is 2. The third kappa shape index (κ3) is 3.79. The average Bonchev–Trinajstić information content (AvgIpc) is 2.19. The highest BCUT2D eigenvalue weighted by atomic mass is 35.5. The molecule has 1 atom stereocenters. The standard InChI is InChI=1S/C11H17ClN2O2/c1-7(15)3-2-4-14-10-6-11(16)9(13)5-8(10)12/h5-7,14-16H,2-4,13H2,1H3.